The van der Waals surface area contributed by atoms with Crippen LogP contribution in [0.4, 0.5) is 0 Å². The minimum Gasteiger partial charge on any atom is -0.548 e. The summed E-state index contributed by atoms with van der Waals surface area (Å²) in [5.41, 5.74) is 0.246. The van der Waals surface area contributed by atoms with Crippen molar-refractivity contribution in [2.24, 2.45) is 5.41 Å². The average molecular weight is 259 g/mol. The van der Waals surface area contributed by atoms with Crippen LogP contribution >= 0.6 is 23.2 Å². The largest absolute Gasteiger partial charge is 1.00 e. The topological polar surface area (TPSA) is 40.1 Å². The number of alkyl halides is 2. The first-order chi connectivity index (χ1) is 6.11. The zero-order valence-corrected chi connectivity index (χ0v) is 13.2. The van der Waals surface area contributed by atoms with Gasteiger partial charge in [-0.2, -0.15) is 0 Å². The average Bonchev–Trinajstić information content (AvgIpc) is 2.30. The van der Waals surface area contributed by atoms with Crippen LogP contribution in [0.25, 0.3) is 0 Å². The van der Waals surface area contributed by atoms with Gasteiger partial charge in [0.05, 0.1) is 10.8 Å². The van der Waals surface area contributed by atoms with Gasteiger partial charge in [-0.3, -0.25) is 0 Å². The van der Waals surface area contributed by atoms with E-state index in [0.717, 1.165) is 5.57 Å². The monoisotopic (exact) mass is 258 g/mol. The molecular weight excluding hydrogens is 246 g/mol. The van der Waals surface area contributed by atoms with Crippen molar-refractivity contribution in [3.8, 4) is 0 Å². The molecule has 2 unspecified atom stereocenters. The molecule has 1 fully saturated rings. The maximum absolute atomic E-state index is 10.9. The first-order valence-corrected chi connectivity index (χ1v) is 5.12. The van der Waals surface area contributed by atoms with Crippen LogP contribution in [0.3, 0.4) is 0 Å². The summed E-state index contributed by atoms with van der Waals surface area (Å²) in [6.07, 6.45) is 1.69. The number of carbonyl (C=O) groups excluding carboxylic acids is 1. The molecule has 0 radical (unpaired) electrons. The summed E-state index contributed by atoms with van der Waals surface area (Å²) in [5, 5.41) is 10.9. The predicted molar refractivity (Wildman–Crippen MR) is 55.4 cm³/mol. The van der Waals surface area contributed by atoms with Crippen molar-refractivity contribution in [3.05, 3.63) is 11.6 Å². The SMILES string of the molecule is CC(C)=CC1(Cl)C(C)(C)C1(Cl)C(=O)[O-].[Na+]. The molecule has 0 amide bonds. The first-order valence-electron chi connectivity index (χ1n) is 4.36. The molecule has 0 N–H and O–H groups in total. The summed E-state index contributed by atoms with van der Waals surface area (Å²) < 4.78 is 0. The van der Waals surface area contributed by atoms with E-state index in [1.165, 1.54) is 0 Å². The molecule has 0 spiro atoms. The van der Waals surface area contributed by atoms with Crippen molar-refractivity contribution in [1.29, 1.82) is 0 Å². The Morgan fingerprint density at radius 3 is 1.87 bits per heavy atom. The molecule has 5 heteroatoms. The Morgan fingerprint density at radius 1 is 1.27 bits per heavy atom. The number of carbonyl (C=O) groups is 1. The normalized spacial score (nSPS) is 36.4. The number of carboxylic acid groups (broad SMARTS) is 1. The van der Waals surface area contributed by atoms with Crippen LogP contribution in [0, 0.1) is 5.41 Å². The fourth-order valence-corrected chi connectivity index (χ4v) is 2.95. The van der Waals surface area contributed by atoms with Gasteiger partial charge in [-0.25, -0.2) is 0 Å². The van der Waals surface area contributed by atoms with E-state index in [2.05, 4.69) is 0 Å². The van der Waals surface area contributed by atoms with E-state index in [1.54, 1.807) is 19.9 Å². The molecule has 2 atom stereocenters. The van der Waals surface area contributed by atoms with E-state index in [9.17, 15) is 9.90 Å². The molecule has 0 saturated heterocycles. The number of hydrogen-bond acceptors (Lipinski definition) is 2. The van der Waals surface area contributed by atoms with E-state index in [4.69, 9.17) is 23.2 Å². The van der Waals surface area contributed by atoms with E-state index in [-0.39, 0.29) is 29.6 Å². The third-order valence-electron chi connectivity index (χ3n) is 2.98. The van der Waals surface area contributed by atoms with Crippen LogP contribution in [0.1, 0.15) is 27.7 Å². The summed E-state index contributed by atoms with van der Waals surface area (Å²) in [4.78, 5) is 8.40. The fourth-order valence-electron chi connectivity index (χ4n) is 1.88. The van der Waals surface area contributed by atoms with Crippen LogP contribution in [-0.4, -0.2) is 15.7 Å². The summed E-state index contributed by atoms with van der Waals surface area (Å²) in [6.45, 7) is 7.15. The zero-order valence-electron chi connectivity index (χ0n) is 9.65. The molecule has 1 aliphatic rings. The maximum Gasteiger partial charge on any atom is 1.00 e. The first kappa shape index (κ1) is 15.8. The van der Waals surface area contributed by atoms with Crippen molar-refractivity contribution in [2.75, 3.05) is 0 Å². The van der Waals surface area contributed by atoms with Crippen molar-refractivity contribution in [1.82, 2.24) is 0 Å². The van der Waals surface area contributed by atoms with Gasteiger partial charge >= 0.3 is 29.6 Å². The smallest absolute Gasteiger partial charge is 0.548 e. The van der Waals surface area contributed by atoms with Crippen molar-refractivity contribution in [2.45, 2.75) is 37.4 Å². The van der Waals surface area contributed by atoms with Gasteiger partial charge in [0.25, 0.3) is 0 Å². The summed E-state index contributed by atoms with van der Waals surface area (Å²) in [5.74, 6) is -1.31. The number of carboxylic acids is 1. The van der Waals surface area contributed by atoms with Gasteiger partial charge in [0.1, 0.15) is 4.87 Å². The Kier molecular flexibility index (Phi) is 4.45. The Balaban J connectivity index is 0.00000196. The quantitative estimate of drug-likeness (QED) is 0.351. The molecule has 1 saturated carbocycles. The van der Waals surface area contributed by atoms with Gasteiger partial charge in [-0.05, 0) is 13.8 Å². The minimum absolute atomic E-state index is 0. The van der Waals surface area contributed by atoms with E-state index in [1.807, 2.05) is 13.8 Å². The minimum atomic E-state index is -1.50. The second-order valence-electron chi connectivity index (χ2n) is 4.50. The Morgan fingerprint density at radius 2 is 1.67 bits per heavy atom. The molecule has 1 rings (SSSR count). The summed E-state index contributed by atoms with van der Waals surface area (Å²) >= 11 is 12.2. The van der Waals surface area contributed by atoms with Crippen LogP contribution in [0.2, 0.25) is 0 Å². The molecule has 2 nitrogen and oxygen atoms in total. The number of hydrogen-bond donors (Lipinski definition) is 0. The Labute approximate surface area is 122 Å². The van der Waals surface area contributed by atoms with E-state index in [0.29, 0.717) is 0 Å². The maximum atomic E-state index is 10.9. The van der Waals surface area contributed by atoms with Gasteiger partial charge in [0.2, 0.25) is 0 Å². The van der Waals surface area contributed by atoms with Gasteiger partial charge < -0.3 is 9.90 Å². The molecule has 80 valence electrons. The number of rotatable bonds is 2. The second-order valence-corrected chi connectivity index (χ2v) is 5.67. The molecular formula is C10H13Cl2NaO2. The number of allylic oxidation sites excluding steroid dienone is 2. The molecule has 0 aromatic rings. The second kappa shape index (κ2) is 4.23. The summed E-state index contributed by atoms with van der Waals surface area (Å²) in [7, 11) is 0. The molecule has 0 bridgehead atoms. The van der Waals surface area contributed by atoms with Crippen molar-refractivity contribution in [3.63, 3.8) is 0 Å². The van der Waals surface area contributed by atoms with Crippen LogP contribution < -0.4 is 34.7 Å². The molecule has 15 heavy (non-hydrogen) atoms. The third-order valence-corrected chi connectivity index (χ3v) is 4.87. The Hall–Kier alpha value is 0.790. The third kappa shape index (κ3) is 1.79. The standard InChI is InChI=1S/C10H14Cl2O2.Na/c1-6(2)5-9(11)8(3,4)10(9,12)7(13)14;/h5H,1-4H3,(H,13,14);/q;+1/p-1. The Bertz CT molecular complexity index is 323. The number of aliphatic carboxylic acids is 1. The summed E-state index contributed by atoms with van der Waals surface area (Å²) in [6, 6.07) is 0. The van der Waals surface area contributed by atoms with Crippen molar-refractivity contribution >= 4 is 29.2 Å². The molecule has 0 aromatic carbocycles. The van der Waals surface area contributed by atoms with Gasteiger partial charge in [0.15, 0.2) is 0 Å². The van der Waals surface area contributed by atoms with Crippen LogP contribution in [0.15, 0.2) is 11.6 Å². The zero-order chi connectivity index (χ0) is 11.4. The number of halogens is 2. The van der Waals surface area contributed by atoms with Gasteiger partial charge in [-0.15, -0.1) is 23.2 Å². The van der Waals surface area contributed by atoms with E-state index >= 15 is 0 Å². The molecule has 0 aliphatic heterocycles. The van der Waals surface area contributed by atoms with Gasteiger partial charge in [0, 0.05) is 5.41 Å². The molecule has 0 aromatic heterocycles. The van der Waals surface area contributed by atoms with Gasteiger partial charge in [-0.1, -0.05) is 25.5 Å². The van der Waals surface area contributed by atoms with E-state index < -0.39 is 21.1 Å². The predicted octanol–water partition coefficient (Wildman–Crippen LogP) is -1.30. The van der Waals surface area contributed by atoms with Crippen LogP contribution in [-0.2, 0) is 4.79 Å². The molecule has 1 aliphatic carbocycles. The van der Waals surface area contributed by atoms with Crippen LogP contribution in [0.5, 0.6) is 0 Å². The molecule has 0 heterocycles. The fraction of sp³-hybridized carbons (Fsp3) is 0.700. The van der Waals surface area contributed by atoms with Crippen molar-refractivity contribution < 1.29 is 39.5 Å².